The fourth-order valence-corrected chi connectivity index (χ4v) is 3.41. The van der Waals surface area contributed by atoms with E-state index in [0.717, 1.165) is 33.5 Å². The van der Waals surface area contributed by atoms with Gasteiger partial charge in [-0.25, -0.2) is 4.98 Å². The summed E-state index contributed by atoms with van der Waals surface area (Å²) in [4.78, 5) is 4.62. The molecule has 3 aromatic rings. The van der Waals surface area contributed by atoms with Crippen molar-refractivity contribution < 1.29 is 4.42 Å². The van der Waals surface area contributed by atoms with E-state index in [1.54, 1.807) is 23.1 Å². The summed E-state index contributed by atoms with van der Waals surface area (Å²) in [6.45, 7) is 2.12. The van der Waals surface area contributed by atoms with E-state index in [1.807, 2.05) is 29.6 Å². The van der Waals surface area contributed by atoms with Gasteiger partial charge in [-0.15, -0.1) is 21.5 Å². The van der Waals surface area contributed by atoms with Crippen LogP contribution in [0.3, 0.4) is 0 Å². The lowest BCUT2D eigenvalue weighted by atomic mass is 10.2. The number of nitrogens with zero attached hydrogens (tertiary/aromatic N) is 3. The molecule has 1 aromatic carbocycles. The Kier molecular flexibility index (Phi) is 5.12. The van der Waals surface area contributed by atoms with Crippen molar-refractivity contribution in [3.8, 4) is 10.6 Å². The SMILES string of the molecule is CCCSc1nnc(Cc2csc(-c3ccc(Cl)cc3)n2)o1. The highest BCUT2D eigenvalue weighted by Crippen LogP contribution is 2.26. The van der Waals surface area contributed by atoms with Gasteiger partial charge in [-0.1, -0.05) is 42.4 Å². The van der Waals surface area contributed by atoms with Crippen molar-refractivity contribution >= 4 is 34.7 Å². The lowest BCUT2D eigenvalue weighted by molar-refractivity contribution is 0.419. The molecule has 2 aromatic heterocycles. The van der Waals surface area contributed by atoms with Crippen LogP contribution in [0.1, 0.15) is 24.9 Å². The molecule has 0 aliphatic carbocycles. The summed E-state index contributed by atoms with van der Waals surface area (Å²) in [5.74, 6) is 1.59. The fourth-order valence-electron chi connectivity index (χ4n) is 1.83. The van der Waals surface area contributed by atoms with Crippen molar-refractivity contribution in [3.63, 3.8) is 0 Å². The maximum absolute atomic E-state index is 5.90. The summed E-state index contributed by atoms with van der Waals surface area (Å²) in [7, 11) is 0. The van der Waals surface area contributed by atoms with Crippen LogP contribution < -0.4 is 0 Å². The Labute approximate surface area is 141 Å². The number of rotatable bonds is 6. The number of benzene rings is 1. The van der Waals surface area contributed by atoms with Crippen molar-refractivity contribution in [2.75, 3.05) is 5.75 Å². The third-order valence-electron chi connectivity index (χ3n) is 2.85. The standard InChI is InChI=1S/C15H14ClN3OS2/c1-2-7-21-15-19-18-13(20-15)8-12-9-22-14(17-12)10-3-5-11(16)6-4-10/h3-6,9H,2,7-8H2,1H3. The molecule has 114 valence electrons. The molecule has 4 nitrogen and oxygen atoms in total. The summed E-state index contributed by atoms with van der Waals surface area (Å²) < 4.78 is 5.61. The largest absolute Gasteiger partial charge is 0.416 e. The van der Waals surface area contributed by atoms with Crippen LogP contribution in [0.2, 0.25) is 5.02 Å². The Balaban J connectivity index is 1.69. The van der Waals surface area contributed by atoms with Gasteiger partial charge in [0, 0.05) is 21.7 Å². The first-order valence-electron chi connectivity index (χ1n) is 6.90. The van der Waals surface area contributed by atoms with Gasteiger partial charge in [0.2, 0.25) is 5.89 Å². The molecule has 0 unspecified atom stereocenters. The van der Waals surface area contributed by atoms with Gasteiger partial charge in [0.15, 0.2) is 0 Å². The quantitative estimate of drug-likeness (QED) is 0.589. The first-order chi connectivity index (χ1) is 10.7. The molecule has 3 rings (SSSR count). The molecule has 0 radical (unpaired) electrons. The van der Waals surface area contributed by atoms with Crippen LogP contribution in [0.5, 0.6) is 0 Å². The number of hydrogen-bond acceptors (Lipinski definition) is 6. The predicted octanol–water partition coefficient (Wildman–Crippen LogP) is 4.94. The molecule has 0 fully saturated rings. The molecule has 0 N–H and O–H groups in total. The molecule has 0 saturated heterocycles. The molecule has 0 bridgehead atoms. The molecular weight excluding hydrogens is 338 g/mol. The average molecular weight is 352 g/mol. The van der Waals surface area contributed by atoms with Crippen LogP contribution in [-0.4, -0.2) is 20.9 Å². The van der Waals surface area contributed by atoms with E-state index in [2.05, 4.69) is 22.1 Å². The van der Waals surface area contributed by atoms with Crippen LogP contribution in [0, 0.1) is 0 Å². The first-order valence-corrected chi connectivity index (χ1v) is 9.14. The maximum atomic E-state index is 5.90. The summed E-state index contributed by atoms with van der Waals surface area (Å²) in [6, 6.07) is 7.68. The van der Waals surface area contributed by atoms with Crippen LogP contribution in [0.4, 0.5) is 0 Å². The molecule has 0 atom stereocenters. The molecule has 0 aliphatic heterocycles. The fraction of sp³-hybridized carbons (Fsp3) is 0.267. The molecule has 0 aliphatic rings. The van der Waals surface area contributed by atoms with Crippen LogP contribution >= 0.6 is 34.7 Å². The van der Waals surface area contributed by atoms with Crippen molar-refractivity contribution in [1.82, 2.24) is 15.2 Å². The molecule has 0 spiro atoms. The Morgan fingerprint density at radius 1 is 1.23 bits per heavy atom. The molecule has 22 heavy (non-hydrogen) atoms. The molecule has 0 amide bonds. The maximum Gasteiger partial charge on any atom is 0.276 e. The zero-order valence-electron chi connectivity index (χ0n) is 12.0. The van der Waals surface area contributed by atoms with Crippen LogP contribution in [0.25, 0.3) is 10.6 Å². The smallest absolute Gasteiger partial charge is 0.276 e. The highest BCUT2D eigenvalue weighted by Gasteiger charge is 2.10. The van der Waals surface area contributed by atoms with Crippen molar-refractivity contribution in [2.45, 2.75) is 25.0 Å². The minimum absolute atomic E-state index is 0.559. The number of halogens is 1. The Morgan fingerprint density at radius 2 is 2.05 bits per heavy atom. The highest BCUT2D eigenvalue weighted by molar-refractivity contribution is 7.99. The van der Waals surface area contributed by atoms with Crippen molar-refractivity contribution in [2.24, 2.45) is 0 Å². The predicted molar refractivity (Wildman–Crippen MR) is 90.7 cm³/mol. The average Bonchev–Trinajstić information content (AvgIpc) is 3.16. The van der Waals surface area contributed by atoms with E-state index in [1.165, 1.54) is 0 Å². The third-order valence-corrected chi connectivity index (χ3v) is 5.07. The minimum Gasteiger partial charge on any atom is -0.416 e. The van der Waals surface area contributed by atoms with Gasteiger partial charge in [0.1, 0.15) is 5.01 Å². The van der Waals surface area contributed by atoms with Gasteiger partial charge >= 0.3 is 0 Å². The summed E-state index contributed by atoms with van der Waals surface area (Å²) in [6.07, 6.45) is 1.64. The number of thioether (sulfide) groups is 1. The molecule has 0 saturated carbocycles. The van der Waals surface area contributed by atoms with Crippen LogP contribution in [-0.2, 0) is 6.42 Å². The zero-order chi connectivity index (χ0) is 15.4. The number of thiazole rings is 1. The summed E-state index contributed by atoms with van der Waals surface area (Å²) in [5, 5.41) is 12.4. The minimum atomic E-state index is 0.559. The van der Waals surface area contributed by atoms with E-state index in [4.69, 9.17) is 16.0 Å². The van der Waals surface area contributed by atoms with E-state index < -0.39 is 0 Å². The third kappa shape index (κ3) is 3.88. The topological polar surface area (TPSA) is 51.8 Å². The van der Waals surface area contributed by atoms with E-state index in [0.29, 0.717) is 17.5 Å². The second-order valence-electron chi connectivity index (χ2n) is 4.64. The van der Waals surface area contributed by atoms with Gasteiger partial charge in [-0.2, -0.15) is 0 Å². The summed E-state index contributed by atoms with van der Waals surface area (Å²) >= 11 is 9.09. The Bertz CT molecular complexity index is 739. The zero-order valence-corrected chi connectivity index (χ0v) is 14.3. The van der Waals surface area contributed by atoms with E-state index in [9.17, 15) is 0 Å². The molecule has 2 heterocycles. The second-order valence-corrected chi connectivity index (χ2v) is 6.98. The highest BCUT2D eigenvalue weighted by atomic mass is 35.5. The van der Waals surface area contributed by atoms with E-state index >= 15 is 0 Å². The molecule has 7 heteroatoms. The van der Waals surface area contributed by atoms with E-state index in [-0.39, 0.29) is 0 Å². The van der Waals surface area contributed by atoms with Crippen molar-refractivity contribution in [1.29, 1.82) is 0 Å². The van der Waals surface area contributed by atoms with Crippen LogP contribution in [0.15, 0.2) is 39.3 Å². The molecular formula is C15H14ClN3OS2. The normalized spacial score (nSPS) is 11.0. The number of hydrogen-bond donors (Lipinski definition) is 0. The lowest BCUT2D eigenvalue weighted by Crippen LogP contribution is -1.88. The Hall–Kier alpha value is -1.37. The second kappa shape index (κ2) is 7.26. The van der Waals surface area contributed by atoms with Gasteiger partial charge < -0.3 is 4.42 Å². The Morgan fingerprint density at radius 3 is 2.82 bits per heavy atom. The first kappa shape index (κ1) is 15.5. The van der Waals surface area contributed by atoms with Gasteiger partial charge in [-0.3, -0.25) is 0 Å². The summed E-state index contributed by atoms with van der Waals surface area (Å²) in [5.41, 5.74) is 2.00. The van der Waals surface area contributed by atoms with Gasteiger partial charge in [-0.05, 0) is 18.6 Å². The lowest BCUT2D eigenvalue weighted by Gasteiger charge is -1.95. The number of aromatic nitrogens is 3. The van der Waals surface area contributed by atoms with Crippen molar-refractivity contribution in [3.05, 3.63) is 46.3 Å². The van der Waals surface area contributed by atoms with Gasteiger partial charge in [0.05, 0.1) is 12.1 Å². The monoisotopic (exact) mass is 351 g/mol. The van der Waals surface area contributed by atoms with Gasteiger partial charge in [0.25, 0.3) is 5.22 Å².